The number of carbonyl (C=O) groups is 1. The van der Waals surface area contributed by atoms with Gasteiger partial charge in [-0.15, -0.1) is 0 Å². The summed E-state index contributed by atoms with van der Waals surface area (Å²) in [6, 6.07) is 1.31. The van der Waals surface area contributed by atoms with E-state index in [1.165, 1.54) is 0 Å². The Morgan fingerprint density at radius 1 is 1.52 bits per heavy atom. The Morgan fingerprint density at radius 3 is 3.00 bits per heavy atom. The van der Waals surface area contributed by atoms with Crippen molar-refractivity contribution in [1.29, 1.82) is 0 Å². The van der Waals surface area contributed by atoms with Crippen LogP contribution in [0, 0.1) is 0 Å². The van der Waals surface area contributed by atoms with Crippen molar-refractivity contribution in [2.45, 2.75) is 19.5 Å². The summed E-state index contributed by atoms with van der Waals surface area (Å²) in [6.45, 7) is 3.12. The predicted octanol–water partition coefficient (Wildman–Crippen LogP) is 1.15. The van der Waals surface area contributed by atoms with Crippen molar-refractivity contribution in [2.75, 3.05) is 19.0 Å². The zero-order valence-electron chi connectivity index (χ0n) is 12.4. The maximum Gasteiger partial charge on any atom is 0.320 e. The fourth-order valence-corrected chi connectivity index (χ4v) is 1.83. The van der Waals surface area contributed by atoms with Crippen LogP contribution in [0.4, 0.5) is 10.6 Å². The monoisotopic (exact) mass is 292 g/mol. The average Bonchev–Trinajstić information content (AvgIpc) is 3.05. The fraction of sp³-hybridized carbons (Fsp3) is 0.462. The van der Waals surface area contributed by atoms with Gasteiger partial charge in [-0.1, -0.05) is 0 Å². The number of anilines is 1. The zero-order valence-corrected chi connectivity index (χ0v) is 12.4. The molecule has 0 aliphatic rings. The first kappa shape index (κ1) is 15.0. The number of rotatable bonds is 6. The molecule has 2 N–H and O–H groups in total. The minimum absolute atomic E-state index is 0.130. The molecule has 0 saturated carbocycles. The molecule has 8 heteroatoms. The van der Waals surface area contributed by atoms with E-state index in [0.717, 1.165) is 5.56 Å². The topological polar surface area (TPSA) is 86.0 Å². The van der Waals surface area contributed by atoms with Crippen LogP contribution in [-0.4, -0.2) is 39.3 Å². The van der Waals surface area contributed by atoms with Crippen LogP contribution in [0.1, 0.15) is 18.5 Å². The van der Waals surface area contributed by atoms with Gasteiger partial charge in [0.25, 0.3) is 0 Å². The van der Waals surface area contributed by atoms with Gasteiger partial charge in [-0.05, 0) is 6.92 Å². The third-order valence-electron chi connectivity index (χ3n) is 2.98. The van der Waals surface area contributed by atoms with E-state index in [-0.39, 0.29) is 12.1 Å². The first-order valence-corrected chi connectivity index (χ1v) is 6.67. The summed E-state index contributed by atoms with van der Waals surface area (Å²) in [6.07, 6.45) is 5.38. The van der Waals surface area contributed by atoms with Crippen LogP contribution in [0.3, 0.4) is 0 Å². The van der Waals surface area contributed by atoms with E-state index < -0.39 is 0 Å². The molecule has 114 valence electrons. The summed E-state index contributed by atoms with van der Waals surface area (Å²) < 4.78 is 8.38. The molecule has 2 rings (SSSR count). The Bertz CT molecular complexity index is 591. The lowest BCUT2D eigenvalue weighted by Crippen LogP contribution is -2.31. The number of hydrogen-bond donors (Lipinski definition) is 2. The first-order chi connectivity index (χ1) is 10.1. The van der Waals surface area contributed by atoms with Crippen molar-refractivity contribution < 1.29 is 9.53 Å². The molecule has 8 nitrogen and oxygen atoms in total. The van der Waals surface area contributed by atoms with Gasteiger partial charge < -0.3 is 10.1 Å². The lowest BCUT2D eigenvalue weighted by Gasteiger charge is -2.12. The summed E-state index contributed by atoms with van der Waals surface area (Å²) >= 11 is 0. The third-order valence-corrected chi connectivity index (χ3v) is 2.98. The van der Waals surface area contributed by atoms with Crippen molar-refractivity contribution >= 4 is 11.8 Å². The molecule has 2 aromatic heterocycles. The van der Waals surface area contributed by atoms with Crippen LogP contribution < -0.4 is 10.6 Å². The standard InChI is InChI=1S/C13H20N6O2/c1-10(11-8-14-18(2)9-11)15-13(20)16-12-4-5-19(17-12)6-7-21-3/h4-5,8-10H,6-7H2,1-3H3,(H2,15,16,17,20)/t10-/m0/s1. The quantitative estimate of drug-likeness (QED) is 0.836. The molecule has 0 bridgehead atoms. The number of hydrogen-bond acceptors (Lipinski definition) is 4. The summed E-state index contributed by atoms with van der Waals surface area (Å²) in [7, 11) is 3.47. The number of aromatic nitrogens is 4. The minimum atomic E-state index is -0.302. The number of carbonyl (C=O) groups excluding carboxylic acids is 1. The van der Waals surface area contributed by atoms with E-state index >= 15 is 0 Å². The highest BCUT2D eigenvalue weighted by molar-refractivity contribution is 5.88. The zero-order chi connectivity index (χ0) is 15.2. The predicted molar refractivity (Wildman–Crippen MR) is 77.9 cm³/mol. The molecule has 2 heterocycles. The lowest BCUT2D eigenvalue weighted by molar-refractivity contribution is 0.183. The highest BCUT2D eigenvalue weighted by Crippen LogP contribution is 2.10. The maximum atomic E-state index is 11.9. The van der Waals surface area contributed by atoms with Gasteiger partial charge in [0.2, 0.25) is 0 Å². The van der Waals surface area contributed by atoms with E-state index in [1.807, 2.05) is 20.2 Å². The van der Waals surface area contributed by atoms with Crippen molar-refractivity contribution in [3.63, 3.8) is 0 Å². The van der Waals surface area contributed by atoms with Crippen LogP contribution in [0.5, 0.6) is 0 Å². The van der Waals surface area contributed by atoms with Crippen LogP contribution in [0.15, 0.2) is 24.7 Å². The van der Waals surface area contributed by atoms with E-state index in [9.17, 15) is 4.79 Å². The Kier molecular flexibility index (Phi) is 4.94. The number of ether oxygens (including phenoxy) is 1. The van der Waals surface area contributed by atoms with Gasteiger partial charge in [-0.3, -0.25) is 14.7 Å². The van der Waals surface area contributed by atoms with Crippen molar-refractivity contribution in [2.24, 2.45) is 7.05 Å². The molecule has 2 aromatic rings. The summed E-state index contributed by atoms with van der Waals surface area (Å²) in [5, 5.41) is 13.8. The molecule has 21 heavy (non-hydrogen) atoms. The second-order valence-corrected chi connectivity index (χ2v) is 4.72. The fourth-order valence-electron chi connectivity index (χ4n) is 1.83. The van der Waals surface area contributed by atoms with Crippen molar-refractivity contribution in [3.05, 3.63) is 30.2 Å². The highest BCUT2D eigenvalue weighted by Gasteiger charge is 2.12. The van der Waals surface area contributed by atoms with Gasteiger partial charge in [-0.25, -0.2) is 4.79 Å². The number of urea groups is 1. The Hall–Kier alpha value is -2.35. The molecule has 1 atom stereocenters. The maximum absolute atomic E-state index is 11.9. The summed E-state index contributed by atoms with van der Waals surface area (Å²) in [5.41, 5.74) is 0.943. The molecule has 0 fully saturated rings. The summed E-state index contributed by atoms with van der Waals surface area (Å²) in [5.74, 6) is 0.502. The van der Waals surface area contributed by atoms with Gasteiger partial charge >= 0.3 is 6.03 Å². The van der Waals surface area contributed by atoms with Crippen molar-refractivity contribution in [3.8, 4) is 0 Å². The average molecular weight is 292 g/mol. The van der Waals surface area contributed by atoms with E-state index in [4.69, 9.17) is 4.74 Å². The molecule has 0 unspecified atom stereocenters. The van der Waals surface area contributed by atoms with Crippen LogP contribution in [0.25, 0.3) is 0 Å². The first-order valence-electron chi connectivity index (χ1n) is 6.67. The van der Waals surface area contributed by atoms with Crippen molar-refractivity contribution in [1.82, 2.24) is 24.9 Å². The Labute approximate surface area is 123 Å². The molecular formula is C13H20N6O2. The Morgan fingerprint density at radius 2 is 2.33 bits per heavy atom. The lowest BCUT2D eigenvalue weighted by atomic mass is 10.2. The normalized spacial score (nSPS) is 12.1. The van der Waals surface area contributed by atoms with Crippen LogP contribution in [-0.2, 0) is 18.3 Å². The SMILES string of the molecule is COCCn1ccc(NC(=O)N[C@@H](C)c2cnn(C)c2)n1. The third kappa shape index (κ3) is 4.32. The van der Waals surface area contributed by atoms with Gasteiger partial charge in [0.05, 0.1) is 25.4 Å². The number of nitrogens with zero attached hydrogens (tertiary/aromatic N) is 4. The number of nitrogens with one attached hydrogen (secondary N) is 2. The molecule has 0 aliphatic carbocycles. The largest absolute Gasteiger partial charge is 0.383 e. The van der Waals surface area contributed by atoms with Crippen LogP contribution in [0.2, 0.25) is 0 Å². The number of aryl methyl sites for hydroxylation is 1. The van der Waals surface area contributed by atoms with E-state index in [1.54, 1.807) is 34.9 Å². The van der Waals surface area contributed by atoms with E-state index in [0.29, 0.717) is 19.0 Å². The number of methoxy groups -OCH3 is 1. The second-order valence-electron chi connectivity index (χ2n) is 4.72. The molecule has 2 amide bonds. The molecule has 0 radical (unpaired) electrons. The Balaban J connectivity index is 1.85. The van der Waals surface area contributed by atoms with Gasteiger partial charge in [0.1, 0.15) is 0 Å². The molecule has 0 spiro atoms. The smallest absolute Gasteiger partial charge is 0.320 e. The molecule has 0 aromatic carbocycles. The second kappa shape index (κ2) is 6.89. The summed E-state index contributed by atoms with van der Waals surface area (Å²) in [4.78, 5) is 11.9. The highest BCUT2D eigenvalue weighted by atomic mass is 16.5. The van der Waals surface area contributed by atoms with Gasteiger partial charge in [0.15, 0.2) is 5.82 Å². The van der Waals surface area contributed by atoms with Crippen LogP contribution >= 0.6 is 0 Å². The number of amides is 2. The molecular weight excluding hydrogens is 272 g/mol. The van der Waals surface area contributed by atoms with Gasteiger partial charge in [0, 0.05) is 38.2 Å². The minimum Gasteiger partial charge on any atom is -0.383 e. The van der Waals surface area contributed by atoms with Gasteiger partial charge in [-0.2, -0.15) is 10.2 Å². The van der Waals surface area contributed by atoms with E-state index in [2.05, 4.69) is 20.8 Å². The molecule has 0 saturated heterocycles. The molecule has 0 aliphatic heterocycles.